The number of ether oxygens (including phenoxy) is 1. The molecule has 1 saturated heterocycles. The molecule has 2 aliphatic rings. The first-order valence-electron chi connectivity index (χ1n) is 8.29. The van der Waals surface area contributed by atoms with E-state index >= 15 is 0 Å². The number of benzene rings is 1. The molecule has 0 spiro atoms. The van der Waals surface area contributed by atoms with Gasteiger partial charge in [-0.2, -0.15) is 26.3 Å². The zero-order chi connectivity index (χ0) is 19.9. The summed E-state index contributed by atoms with van der Waals surface area (Å²) in [6.45, 7) is 1.70. The first kappa shape index (κ1) is 19.7. The average molecular weight is 393 g/mol. The van der Waals surface area contributed by atoms with Gasteiger partial charge in [-0.1, -0.05) is 30.3 Å². The van der Waals surface area contributed by atoms with Crippen molar-refractivity contribution in [2.45, 2.75) is 43.9 Å². The number of hydrogen-bond acceptors (Lipinski definition) is 4. The molecule has 10 heteroatoms. The van der Waals surface area contributed by atoms with Crippen LogP contribution in [0.15, 0.2) is 40.3 Å². The maximum Gasteiger partial charge on any atom is 0.443 e. The molecule has 1 unspecified atom stereocenters. The molecule has 148 valence electrons. The van der Waals surface area contributed by atoms with Crippen molar-refractivity contribution in [1.29, 1.82) is 0 Å². The smallest absolute Gasteiger partial charge is 0.376 e. The molecule has 2 aliphatic heterocycles. The third-order valence-electron chi connectivity index (χ3n) is 4.47. The van der Waals surface area contributed by atoms with Gasteiger partial charge in [-0.3, -0.25) is 0 Å². The number of alkyl halides is 6. The number of aliphatic imine (C=N–C) groups is 2. The monoisotopic (exact) mass is 393 g/mol. The molecule has 0 N–H and O–H groups in total. The van der Waals surface area contributed by atoms with E-state index < -0.39 is 29.7 Å². The Balaban J connectivity index is 2.14. The van der Waals surface area contributed by atoms with Crippen LogP contribution in [0.1, 0.15) is 25.3 Å². The fourth-order valence-electron chi connectivity index (χ4n) is 3.12. The molecule has 27 heavy (non-hydrogen) atoms. The van der Waals surface area contributed by atoms with Gasteiger partial charge in [-0.05, 0) is 19.8 Å². The van der Waals surface area contributed by atoms with Crippen LogP contribution >= 0.6 is 0 Å². The molecule has 2 heterocycles. The number of nitrogens with zero attached hydrogens (tertiary/aromatic N) is 3. The topological polar surface area (TPSA) is 37.2 Å². The van der Waals surface area contributed by atoms with Crippen LogP contribution in [-0.4, -0.2) is 53.8 Å². The van der Waals surface area contributed by atoms with Crippen LogP contribution in [0.5, 0.6) is 0 Å². The van der Waals surface area contributed by atoms with Gasteiger partial charge in [0.15, 0.2) is 0 Å². The lowest BCUT2D eigenvalue weighted by Crippen LogP contribution is -2.59. The fourth-order valence-corrected chi connectivity index (χ4v) is 3.12. The first-order chi connectivity index (χ1) is 12.6. The van der Waals surface area contributed by atoms with Crippen molar-refractivity contribution in [2.75, 3.05) is 13.2 Å². The fraction of sp³-hybridized carbons (Fsp3) is 0.529. The summed E-state index contributed by atoms with van der Waals surface area (Å²) in [5.74, 6) is -0.831. The van der Waals surface area contributed by atoms with Crippen molar-refractivity contribution in [2.24, 2.45) is 9.98 Å². The zero-order valence-electron chi connectivity index (χ0n) is 14.3. The summed E-state index contributed by atoms with van der Waals surface area (Å²) in [5, 5.41) is 0. The molecule has 0 saturated carbocycles. The highest BCUT2D eigenvalue weighted by atomic mass is 19.4. The zero-order valence-corrected chi connectivity index (χ0v) is 14.3. The largest absolute Gasteiger partial charge is 0.443 e. The average Bonchev–Trinajstić information content (AvgIpc) is 3.08. The quantitative estimate of drug-likeness (QED) is 0.723. The van der Waals surface area contributed by atoms with Gasteiger partial charge >= 0.3 is 18.0 Å². The third-order valence-corrected chi connectivity index (χ3v) is 4.47. The van der Waals surface area contributed by atoms with Gasteiger partial charge in [-0.15, -0.1) is 0 Å². The molecule has 1 fully saturated rings. The summed E-state index contributed by atoms with van der Waals surface area (Å²) in [5.41, 5.74) is -4.38. The standard InChI is InChI=1S/C17H17F6N3O/c1-11-24-15(16(18,19)20,17(21,22)23)25-14(12-6-3-2-4-7-12)26(11)10-13-8-5-9-27-13/h2-4,6-7,13H,5,8-10H2,1H3. The van der Waals surface area contributed by atoms with E-state index in [0.29, 0.717) is 13.0 Å². The second-order valence-electron chi connectivity index (χ2n) is 6.37. The van der Waals surface area contributed by atoms with Crippen LogP contribution in [-0.2, 0) is 4.74 Å². The number of hydrogen-bond donors (Lipinski definition) is 0. The van der Waals surface area contributed by atoms with Gasteiger partial charge in [0.2, 0.25) is 0 Å². The van der Waals surface area contributed by atoms with Crippen LogP contribution in [0.4, 0.5) is 26.3 Å². The predicted octanol–water partition coefficient (Wildman–Crippen LogP) is 4.17. The lowest BCUT2D eigenvalue weighted by Gasteiger charge is -2.39. The van der Waals surface area contributed by atoms with Crippen molar-refractivity contribution in [3.05, 3.63) is 35.9 Å². The summed E-state index contributed by atoms with van der Waals surface area (Å²) >= 11 is 0. The molecule has 0 aliphatic carbocycles. The Morgan fingerprint density at radius 2 is 1.70 bits per heavy atom. The molecule has 1 aromatic rings. The van der Waals surface area contributed by atoms with Gasteiger partial charge in [0.25, 0.3) is 0 Å². The number of halogens is 6. The highest BCUT2D eigenvalue weighted by molar-refractivity contribution is 6.10. The Kier molecular flexibility index (Phi) is 4.96. The first-order valence-corrected chi connectivity index (χ1v) is 8.29. The van der Waals surface area contributed by atoms with Gasteiger partial charge in [-0.25, -0.2) is 9.98 Å². The van der Waals surface area contributed by atoms with Crippen molar-refractivity contribution < 1.29 is 31.1 Å². The van der Waals surface area contributed by atoms with E-state index in [0.717, 1.165) is 13.3 Å². The maximum atomic E-state index is 13.5. The maximum absolute atomic E-state index is 13.5. The van der Waals surface area contributed by atoms with E-state index in [1.165, 1.54) is 29.2 Å². The Hall–Kier alpha value is -2.10. The van der Waals surface area contributed by atoms with E-state index in [9.17, 15) is 26.3 Å². The minimum Gasteiger partial charge on any atom is -0.376 e. The summed E-state index contributed by atoms with van der Waals surface area (Å²) in [6, 6.07) is 7.48. The highest BCUT2D eigenvalue weighted by Gasteiger charge is 2.73. The van der Waals surface area contributed by atoms with E-state index in [-0.39, 0.29) is 18.2 Å². The molecule has 4 nitrogen and oxygen atoms in total. The lowest BCUT2D eigenvalue weighted by atomic mass is 10.1. The third kappa shape index (κ3) is 3.54. The number of rotatable bonds is 3. The van der Waals surface area contributed by atoms with E-state index in [4.69, 9.17) is 4.74 Å². The number of amidine groups is 2. The molecule has 0 bridgehead atoms. The van der Waals surface area contributed by atoms with Crippen molar-refractivity contribution in [3.63, 3.8) is 0 Å². The SMILES string of the molecule is CC1=NC(C(F)(F)F)(C(F)(F)F)N=C(c2ccccc2)N1CC1CCCO1. The molecule has 0 radical (unpaired) electrons. The molecule has 0 amide bonds. The molecule has 1 aromatic carbocycles. The van der Waals surface area contributed by atoms with Gasteiger partial charge < -0.3 is 9.64 Å². The van der Waals surface area contributed by atoms with Crippen LogP contribution < -0.4 is 0 Å². The van der Waals surface area contributed by atoms with Crippen LogP contribution in [0, 0.1) is 0 Å². The summed E-state index contributed by atoms with van der Waals surface area (Å²) < 4.78 is 86.5. The highest BCUT2D eigenvalue weighted by Crippen LogP contribution is 2.49. The van der Waals surface area contributed by atoms with Crippen LogP contribution in [0.25, 0.3) is 0 Å². The van der Waals surface area contributed by atoms with Crippen LogP contribution in [0.3, 0.4) is 0 Å². The molecule has 1 atom stereocenters. The second kappa shape index (κ2) is 6.81. The Bertz CT molecular complexity index is 721. The van der Waals surface area contributed by atoms with Crippen molar-refractivity contribution >= 4 is 11.7 Å². The Morgan fingerprint density at radius 1 is 1.07 bits per heavy atom. The molecule has 0 aromatic heterocycles. The van der Waals surface area contributed by atoms with Crippen molar-refractivity contribution in [1.82, 2.24) is 4.90 Å². The van der Waals surface area contributed by atoms with E-state index in [1.807, 2.05) is 0 Å². The minimum absolute atomic E-state index is 0.0782. The van der Waals surface area contributed by atoms with Gasteiger partial charge in [0.05, 0.1) is 12.6 Å². The van der Waals surface area contributed by atoms with E-state index in [2.05, 4.69) is 9.98 Å². The lowest BCUT2D eigenvalue weighted by molar-refractivity contribution is -0.293. The van der Waals surface area contributed by atoms with E-state index in [1.54, 1.807) is 6.07 Å². The van der Waals surface area contributed by atoms with Gasteiger partial charge in [0.1, 0.15) is 11.7 Å². The Morgan fingerprint density at radius 3 is 2.22 bits per heavy atom. The summed E-state index contributed by atoms with van der Waals surface area (Å²) in [4.78, 5) is 7.42. The summed E-state index contributed by atoms with van der Waals surface area (Å²) in [7, 11) is 0. The molecule has 3 rings (SSSR count). The molecular formula is C17H17F6N3O. The van der Waals surface area contributed by atoms with Crippen LogP contribution in [0.2, 0.25) is 0 Å². The Labute approximate surface area is 151 Å². The van der Waals surface area contributed by atoms with Gasteiger partial charge in [0, 0.05) is 12.2 Å². The normalized spacial score (nSPS) is 23.2. The predicted molar refractivity (Wildman–Crippen MR) is 86.6 cm³/mol. The minimum atomic E-state index is -5.73. The molecular weight excluding hydrogens is 376 g/mol. The summed E-state index contributed by atoms with van der Waals surface area (Å²) in [6.07, 6.45) is -10.3. The van der Waals surface area contributed by atoms with Crippen molar-refractivity contribution in [3.8, 4) is 0 Å². The second-order valence-corrected chi connectivity index (χ2v) is 6.37.